The molecule has 156 valence electrons. The van der Waals surface area contributed by atoms with Gasteiger partial charge in [0, 0.05) is 31.7 Å². The van der Waals surface area contributed by atoms with Crippen LogP contribution in [0.15, 0.2) is 54.6 Å². The predicted molar refractivity (Wildman–Crippen MR) is 113 cm³/mol. The van der Waals surface area contributed by atoms with Crippen molar-refractivity contribution in [1.29, 1.82) is 0 Å². The van der Waals surface area contributed by atoms with Crippen molar-refractivity contribution in [3.8, 4) is 16.9 Å². The van der Waals surface area contributed by atoms with Crippen LogP contribution in [0.2, 0.25) is 0 Å². The summed E-state index contributed by atoms with van der Waals surface area (Å²) < 4.78 is 21.2. The quantitative estimate of drug-likeness (QED) is 0.681. The summed E-state index contributed by atoms with van der Waals surface area (Å²) >= 11 is 0. The number of carbonyl (C=O) groups is 1. The third-order valence-corrected chi connectivity index (χ3v) is 5.19. The summed E-state index contributed by atoms with van der Waals surface area (Å²) in [4.78, 5) is 15.2. The number of hydrogen-bond donors (Lipinski definition) is 1. The van der Waals surface area contributed by atoms with Gasteiger partial charge in [0.05, 0.1) is 24.6 Å². The molecule has 1 aromatic heterocycles. The molecule has 0 atom stereocenters. The molecule has 1 aliphatic rings. The van der Waals surface area contributed by atoms with E-state index in [1.807, 2.05) is 31.2 Å². The van der Waals surface area contributed by atoms with E-state index in [-0.39, 0.29) is 11.7 Å². The number of aryl methyl sites for hydroxylation is 1. The Bertz CT molecular complexity index is 1010. The maximum Gasteiger partial charge on any atom is 0.270 e. The summed E-state index contributed by atoms with van der Waals surface area (Å²) in [6.07, 6.45) is 0. The van der Waals surface area contributed by atoms with Crippen LogP contribution in [0, 0.1) is 12.7 Å². The summed E-state index contributed by atoms with van der Waals surface area (Å²) in [5.41, 5.74) is 3.02. The number of aromatic nitrogens is 2. The molecule has 0 spiro atoms. The normalized spacial score (nSPS) is 14.6. The maximum atomic E-state index is 14.3. The van der Waals surface area contributed by atoms with Crippen LogP contribution in [0.4, 0.5) is 4.39 Å². The van der Waals surface area contributed by atoms with Gasteiger partial charge in [0.2, 0.25) is 0 Å². The van der Waals surface area contributed by atoms with Gasteiger partial charge < -0.3 is 10.1 Å². The molecule has 4 rings (SSSR count). The van der Waals surface area contributed by atoms with Crippen LogP contribution >= 0.6 is 0 Å². The van der Waals surface area contributed by atoms with E-state index in [2.05, 4.69) is 15.3 Å². The van der Waals surface area contributed by atoms with Gasteiger partial charge in [-0.1, -0.05) is 29.8 Å². The number of rotatable bonds is 6. The van der Waals surface area contributed by atoms with Crippen LogP contribution in [0.1, 0.15) is 16.1 Å². The number of amides is 1. The third-order valence-electron chi connectivity index (χ3n) is 5.19. The molecule has 1 fully saturated rings. The molecule has 2 aromatic carbocycles. The van der Waals surface area contributed by atoms with Crippen molar-refractivity contribution in [2.45, 2.75) is 6.92 Å². The SMILES string of the molecule is Cc1ccc(-n2nc(-c3ccccc3F)cc2C(=O)NCCN2CCOCC2)cc1. The van der Waals surface area contributed by atoms with Gasteiger partial charge >= 0.3 is 0 Å². The fraction of sp³-hybridized carbons (Fsp3) is 0.304. The molecule has 0 aliphatic carbocycles. The molecule has 6 nitrogen and oxygen atoms in total. The summed E-state index contributed by atoms with van der Waals surface area (Å²) in [6.45, 7) is 6.46. The van der Waals surface area contributed by atoms with Crippen molar-refractivity contribution >= 4 is 5.91 Å². The zero-order chi connectivity index (χ0) is 20.9. The van der Waals surface area contributed by atoms with Gasteiger partial charge in [-0.2, -0.15) is 5.10 Å². The first-order valence-electron chi connectivity index (χ1n) is 10.1. The molecule has 0 unspecified atom stereocenters. The van der Waals surface area contributed by atoms with Gasteiger partial charge in [-0.3, -0.25) is 9.69 Å². The minimum atomic E-state index is -0.370. The van der Waals surface area contributed by atoms with Gasteiger partial charge in [0.25, 0.3) is 5.91 Å². The molecular formula is C23H25FN4O2. The molecule has 0 bridgehead atoms. The van der Waals surface area contributed by atoms with Crippen LogP contribution in [0.3, 0.4) is 0 Å². The minimum absolute atomic E-state index is 0.237. The standard InChI is InChI=1S/C23H25FN4O2/c1-17-6-8-18(9-7-17)28-22(16-21(26-28)19-4-2-3-5-20(19)24)23(29)25-10-11-27-12-14-30-15-13-27/h2-9,16H,10-15H2,1H3,(H,25,29). The number of morpholine rings is 1. The van der Waals surface area contributed by atoms with Gasteiger partial charge in [-0.25, -0.2) is 9.07 Å². The summed E-state index contributed by atoms with van der Waals surface area (Å²) in [5, 5.41) is 7.52. The number of benzene rings is 2. The van der Waals surface area contributed by atoms with Crippen molar-refractivity contribution in [3.05, 3.63) is 71.7 Å². The zero-order valence-electron chi connectivity index (χ0n) is 17.0. The van der Waals surface area contributed by atoms with E-state index in [0.717, 1.165) is 44.1 Å². The smallest absolute Gasteiger partial charge is 0.270 e. The van der Waals surface area contributed by atoms with Crippen molar-refractivity contribution in [2.75, 3.05) is 39.4 Å². The van der Waals surface area contributed by atoms with E-state index in [4.69, 9.17) is 4.74 Å². The molecule has 0 saturated carbocycles. The van der Waals surface area contributed by atoms with E-state index in [9.17, 15) is 9.18 Å². The Morgan fingerprint density at radius 3 is 2.60 bits per heavy atom. The molecule has 0 radical (unpaired) electrons. The average molecular weight is 408 g/mol. The second kappa shape index (κ2) is 9.19. The summed E-state index contributed by atoms with van der Waals surface area (Å²) in [6, 6.07) is 15.8. The lowest BCUT2D eigenvalue weighted by Gasteiger charge is -2.26. The molecular weight excluding hydrogens is 383 g/mol. The molecule has 2 heterocycles. The molecule has 1 N–H and O–H groups in total. The number of nitrogens with one attached hydrogen (secondary N) is 1. The van der Waals surface area contributed by atoms with Crippen LogP contribution in [0.25, 0.3) is 16.9 Å². The highest BCUT2D eigenvalue weighted by Crippen LogP contribution is 2.24. The number of hydrogen-bond acceptors (Lipinski definition) is 4. The number of ether oxygens (including phenoxy) is 1. The highest BCUT2D eigenvalue weighted by molar-refractivity contribution is 5.94. The van der Waals surface area contributed by atoms with Crippen LogP contribution in [-0.4, -0.2) is 60.0 Å². The number of nitrogens with zero attached hydrogens (tertiary/aromatic N) is 3. The predicted octanol–water partition coefficient (Wildman–Crippen LogP) is 3.05. The highest BCUT2D eigenvalue weighted by atomic mass is 19.1. The first-order valence-corrected chi connectivity index (χ1v) is 10.1. The Balaban J connectivity index is 1.58. The second-order valence-corrected chi connectivity index (χ2v) is 7.35. The Kier molecular flexibility index (Phi) is 6.21. The zero-order valence-corrected chi connectivity index (χ0v) is 17.0. The van der Waals surface area contributed by atoms with Crippen molar-refractivity contribution in [1.82, 2.24) is 20.0 Å². The van der Waals surface area contributed by atoms with E-state index < -0.39 is 0 Å². The van der Waals surface area contributed by atoms with Crippen LogP contribution < -0.4 is 5.32 Å². The first-order chi connectivity index (χ1) is 14.6. The first kappa shape index (κ1) is 20.3. The number of halogens is 1. The summed E-state index contributed by atoms with van der Waals surface area (Å²) in [5.74, 6) is -0.607. The van der Waals surface area contributed by atoms with Crippen LogP contribution in [0.5, 0.6) is 0 Å². The molecule has 1 aliphatic heterocycles. The van der Waals surface area contributed by atoms with Gasteiger partial charge in [0.15, 0.2) is 0 Å². The maximum absolute atomic E-state index is 14.3. The van der Waals surface area contributed by atoms with Crippen molar-refractivity contribution in [3.63, 3.8) is 0 Å². The van der Waals surface area contributed by atoms with E-state index >= 15 is 0 Å². The van der Waals surface area contributed by atoms with Gasteiger partial charge in [-0.05, 0) is 37.3 Å². The molecule has 30 heavy (non-hydrogen) atoms. The Labute approximate surface area is 175 Å². The van der Waals surface area contributed by atoms with E-state index in [1.54, 1.807) is 28.9 Å². The van der Waals surface area contributed by atoms with Crippen molar-refractivity contribution in [2.24, 2.45) is 0 Å². The highest BCUT2D eigenvalue weighted by Gasteiger charge is 2.19. The van der Waals surface area contributed by atoms with Crippen LogP contribution in [-0.2, 0) is 4.74 Å². The fourth-order valence-electron chi connectivity index (χ4n) is 3.47. The second-order valence-electron chi connectivity index (χ2n) is 7.35. The topological polar surface area (TPSA) is 59.4 Å². The minimum Gasteiger partial charge on any atom is -0.379 e. The Morgan fingerprint density at radius 2 is 1.87 bits per heavy atom. The average Bonchev–Trinajstić information content (AvgIpc) is 3.20. The lowest BCUT2D eigenvalue weighted by atomic mass is 10.1. The molecule has 1 saturated heterocycles. The molecule has 7 heteroatoms. The van der Waals surface area contributed by atoms with E-state index in [0.29, 0.717) is 23.5 Å². The Morgan fingerprint density at radius 1 is 1.13 bits per heavy atom. The monoisotopic (exact) mass is 408 g/mol. The number of carbonyl (C=O) groups excluding carboxylic acids is 1. The van der Waals surface area contributed by atoms with Gasteiger partial charge in [-0.15, -0.1) is 0 Å². The lowest BCUT2D eigenvalue weighted by molar-refractivity contribution is 0.0383. The van der Waals surface area contributed by atoms with E-state index in [1.165, 1.54) is 6.07 Å². The molecule has 1 amide bonds. The third kappa shape index (κ3) is 4.58. The van der Waals surface area contributed by atoms with Crippen molar-refractivity contribution < 1.29 is 13.9 Å². The molecule has 3 aromatic rings. The summed E-state index contributed by atoms with van der Waals surface area (Å²) in [7, 11) is 0. The fourth-order valence-corrected chi connectivity index (χ4v) is 3.47. The van der Waals surface area contributed by atoms with Gasteiger partial charge in [0.1, 0.15) is 11.5 Å². The lowest BCUT2D eigenvalue weighted by Crippen LogP contribution is -2.41. The Hall–Kier alpha value is -3.03. The largest absolute Gasteiger partial charge is 0.379 e.